The van der Waals surface area contributed by atoms with Gasteiger partial charge in [0.05, 0.1) is 0 Å². The molecule has 0 unspecified atom stereocenters. The van der Waals surface area contributed by atoms with Gasteiger partial charge in [0, 0.05) is 25.0 Å². The molecule has 0 aromatic heterocycles. The number of urea groups is 1. The van der Waals surface area contributed by atoms with E-state index in [1.54, 1.807) is 0 Å². The summed E-state index contributed by atoms with van der Waals surface area (Å²) in [5, 5.41) is 8.51. The topological polar surface area (TPSA) is 53.2 Å². The standard InChI is InChI=1S/C11H17N3O/c1-3-8-13-11(15)14-10-6-4-9(12-2)5-7-10/h4-7,12H,3,8H2,1-2H3,(H2,13,14,15). The summed E-state index contributed by atoms with van der Waals surface area (Å²) >= 11 is 0. The van der Waals surface area contributed by atoms with Crippen LogP contribution in [0.2, 0.25) is 0 Å². The highest BCUT2D eigenvalue weighted by Gasteiger charge is 1.99. The molecule has 4 heteroatoms. The lowest BCUT2D eigenvalue weighted by atomic mass is 10.3. The van der Waals surface area contributed by atoms with E-state index in [0.29, 0.717) is 6.54 Å². The SMILES string of the molecule is CCCNC(=O)Nc1ccc(NC)cc1. The quantitative estimate of drug-likeness (QED) is 0.709. The summed E-state index contributed by atoms with van der Waals surface area (Å²) in [7, 11) is 1.86. The van der Waals surface area contributed by atoms with Crippen LogP contribution in [0.15, 0.2) is 24.3 Å². The Hall–Kier alpha value is -1.71. The van der Waals surface area contributed by atoms with E-state index < -0.39 is 0 Å². The summed E-state index contributed by atoms with van der Waals surface area (Å²) in [6.07, 6.45) is 0.937. The van der Waals surface area contributed by atoms with Crippen molar-refractivity contribution in [1.29, 1.82) is 0 Å². The maximum Gasteiger partial charge on any atom is 0.319 e. The molecule has 0 bridgehead atoms. The molecule has 0 saturated heterocycles. The molecule has 0 aliphatic carbocycles. The molecule has 1 aromatic rings. The smallest absolute Gasteiger partial charge is 0.319 e. The fourth-order valence-electron chi connectivity index (χ4n) is 1.13. The minimum atomic E-state index is -0.158. The number of carbonyl (C=O) groups excluding carboxylic acids is 1. The average molecular weight is 207 g/mol. The monoisotopic (exact) mass is 207 g/mol. The molecule has 0 radical (unpaired) electrons. The lowest BCUT2D eigenvalue weighted by molar-refractivity contribution is 0.252. The fourth-order valence-corrected chi connectivity index (χ4v) is 1.13. The first-order chi connectivity index (χ1) is 7.26. The van der Waals surface area contributed by atoms with Crippen LogP contribution in [0.3, 0.4) is 0 Å². The van der Waals surface area contributed by atoms with Gasteiger partial charge in [0.15, 0.2) is 0 Å². The molecular weight excluding hydrogens is 190 g/mol. The third-order valence-electron chi connectivity index (χ3n) is 1.97. The van der Waals surface area contributed by atoms with Crippen LogP contribution in [0.25, 0.3) is 0 Å². The average Bonchev–Trinajstić information content (AvgIpc) is 2.27. The maximum atomic E-state index is 11.3. The van der Waals surface area contributed by atoms with Crippen LogP contribution in [-0.2, 0) is 0 Å². The highest BCUT2D eigenvalue weighted by atomic mass is 16.2. The van der Waals surface area contributed by atoms with E-state index in [9.17, 15) is 4.79 Å². The minimum absolute atomic E-state index is 0.158. The van der Waals surface area contributed by atoms with Crippen LogP contribution in [0.4, 0.5) is 16.2 Å². The van der Waals surface area contributed by atoms with Crippen molar-refractivity contribution in [2.45, 2.75) is 13.3 Å². The number of rotatable bonds is 4. The van der Waals surface area contributed by atoms with E-state index in [0.717, 1.165) is 17.8 Å². The normalized spacial score (nSPS) is 9.47. The maximum absolute atomic E-state index is 11.3. The Labute approximate surface area is 90.1 Å². The van der Waals surface area contributed by atoms with Gasteiger partial charge >= 0.3 is 6.03 Å². The molecular formula is C11H17N3O. The summed E-state index contributed by atoms with van der Waals surface area (Å²) in [6, 6.07) is 7.38. The van der Waals surface area contributed by atoms with E-state index in [2.05, 4.69) is 16.0 Å². The number of benzene rings is 1. The Kier molecular flexibility index (Phi) is 4.47. The second-order valence-corrected chi connectivity index (χ2v) is 3.21. The molecule has 0 saturated carbocycles. The van der Waals surface area contributed by atoms with Gasteiger partial charge in [-0.3, -0.25) is 0 Å². The molecule has 2 amide bonds. The van der Waals surface area contributed by atoms with Crippen molar-refractivity contribution >= 4 is 17.4 Å². The third-order valence-corrected chi connectivity index (χ3v) is 1.97. The van der Waals surface area contributed by atoms with Gasteiger partial charge in [-0.1, -0.05) is 6.92 Å². The van der Waals surface area contributed by atoms with Crippen molar-refractivity contribution < 1.29 is 4.79 Å². The number of hydrogen-bond acceptors (Lipinski definition) is 2. The van der Waals surface area contributed by atoms with Crippen LogP contribution >= 0.6 is 0 Å². The summed E-state index contributed by atoms with van der Waals surface area (Å²) < 4.78 is 0. The summed E-state index contributed by atoms with van der Waals surface area (Å²) in [5.74, 6) is 0. The Bertz CT molecular complexity index is 308. The summed E-state index contributed by atoms with van der Waals surface area (Å²) in [5.41, 5.74) is 1.82. The lowest BCUT2D eigenvalue weighted by Crippen LogP contribution is -2.29. The minimum Gasteiger partial charge on any atom is -0.388 e. The number of anilines is 2. The molecule has 15 heavy (non-hydrogen) atoms. The molecule has 4 nitrogen and oxygen atoms in total. The molecule has 82 valence electrons. The first-order valence-corrected chi connectivity index (χ1v) is 5.09. The second-order valence-electron chi connectivity index (χ2n) is 3.21. The van der Waals surface area contributed by atoms with Gasteiger partial charge in [0.25, 0.3) is 0 Å². The largest absolute Gasteiger partial charge is 0.388 e. The van der Waals surface area contributed by atoms with Crippen molar-refractivity contribution in [3.05, 3.63) is 24.3 Å². The highest BCUT2D eigenvalue weighted by Crippen LogP contribution is 2.12. The van der Waals surface area contributed by atoms with Crippen molar-refractivity contribution in [3.63, 3.8) is 0 Å². The van der Waals surface area contributed by atoms with Crippen molar-refractivity contribution in [1.82, 2.24) is 5.32 Å². The Morgan fingerprint density at radius 1 is 1.20 bits per heavy atom. The molecule has 1 aromatic carbocycles. The fraction of sp³-hybridized carbons (Fsp3) is 0.364. The predicted molar refractivity (Wildman–Crippen MR) is 63.3 cm³/mol. The van der Waals surface area contributed by atoms with Crippen molar-refractivity contribution in [3.8, 4) is 0 Å². The third kappa shape index (κ3) is 3.89. The molecule has 3 N–H and O–H groups in total. The number of nitrogens with one attached hydrogen (secondary N) is 3. The molecule has 0 spiro atoms. The van der Waals surface area contributed by atoms with Gasteiger partial charge in [0.1, 0.15) is 0 Å². The van der Waals surface area contributed by atoms with Gasteiger partial charge in [-0.2, -0.15) is 0 Å². The first kappa shape index (κ1) is 11.4. The predicted octanol–water partition coefficient (Wildman–Crippen LogP) is 2.26. The van der Waals surface area contributed by atoms with Crippen LogP contribution in [0.1, 0.15) is 13.3 Å². The molecule has 0 aliphatic heterocycles. The summed E-state index contributed by atoms with van der Waals surface area (Å²) in [4.78, 5) is 11.3. The van der Waals surface area contributed by atoms with Crippen LogP contribution in [0.5, 0.6) is 0 Å². The van der Waals surface area contributed by atoms with E-state index >= 15 is 0 Å². The van der Waals surface area contributed by atoms with E-state index in [-0.39, 0.29) is 6.03 Å². The Morgan fingerprint density at radius 3 is 2.33 bits per heavy atom. The molecule has 0 heterocycles. The zero-order valence-corrected chi connectivity index (χ0v) is 9.13. The Morgan fingerprint density at radius 2 is 1.80 bits per heavy atom. The molecule has 1 rings (SSSR count). The van der Waals surface area contributed by atoms with Gasteiger partial charge in [-0.25, -0.2) is 4.79 Å². The highest BCUT2D eigenvalue weighted by molar-refractivity contribution is 5.89. The van der Waals surface area contributed by atoms with Gasteiger partial charge in [0.2, 0.25) is 0 Å². The molecule has 0 aliphatic rings. The van der Waals surface area contributed by atoms with Crippen LogP contribution in [0, 0.1) is 0 Å². The zero-order chi connectivity index (χ0) is 11.1. The first-order valence-electron chi connectivity index (χ1n) is 5.09. The molecule has 0 fully saturated rings. The second kappa shape index (κ2) is 5.90. The summed E-state index contributed by atoms with van der Waals surface area (Å²) in [6.45, 7) is 2.71. The number of hydrogen-bond donors (Lipinski definition) is 3. The number of amides is 2. The van der Waals surface area contributed by atoms with E-state index in [1.165, 1.54) is 0 Å². The van der Waals surface area contributed by atoms with Crippen molar-refractivity contribution in [2.75, 3.05) is 24.2 Å². The van der Waals surface area contributed by atoms with Gasteiger partial charge in [-0.15, -0.1) is 0 Å². The van der Waals surface area contributed by atoms with E-state index in [4.69, 9.17) is 0 Å². The van der Waals surface area contributed by atoms with Crippen LogP contribution in [-0.4, -0.2) is 19.6 Å². The Balaban J connectivity index is 2.46. The van der Waals surface area contributed by atoms with Gasteiger partial charge < -0.3 is 16.0 Å². The van der Waals surface area contributed by atoms with Crippen molar-refractivity contribution in [2.24, 2.45) is 0 Å². The lowest BCUT2D eigenvalue weighted by Gasteiger charge is -2.07. The van der Waals surface area contributed by atoms with Gasteiger partial charge in [-0.05, 0) is 30.7 Å². The van der Waals surface area contributed by atoms with Crippen LogP contribution < -0.4 is 16.0 Å². The molecule has 0 atom stereocenters. The number of carbonyl (C=O) groups is 1. The van der Waals surface area contributed by atoms with E-state index in [1.807, 2.05) is 38.2 Å². The zero-order valence-electron chi connectivity index (χ0n) is 9.13.